The van der Waals surface area contributed by atoms with E-state index in [0.717, 1.165) is 25.7 Å². The second-order valence-electron chi connectivity index (χ2n) is 6.21. The summed E-state index contributed by atoms with van der Waals surface area (Å²) in [6.07, 6.45) is 4.42. The van der Waals surface area contributed by atoms with E-state index < -0.39 is 5.60 Å². The molecule has 1 rings (SSSR count). The predicted molar refractivity (Wildman–Crippen MR) is 70.0 cm³/mol. The summed E-state index contributed by atoms with van der Waals surface area (Å²) in [7, 11) is 0. The molecule has 1 saturated carbocycles. The number of amides is 1. The van der Waals surface area contributed by atoms with Crippen LogP contribution < -0.4 is 5.32 Å². The van der Waals surface area contributed by atoms with E-state index in [2.05, 4.69) is 5.32 Å². The molecule has 1 N–H and O–H groups in total. The van der Waals surface area contributed by atoms with Gasteiger partial charge in [0, 0.05) is 19.4 Å². The molecule has 0 aromatic heterocycles. The van der Waals surface area contributed by atoms with Crippen molar-refractivity contribution in [3.63, 3.8) is 0 Å². The van der Waals surface area contributed by atoms with Crippen molar-refractivity contribution in [2.75, 3.05) is 0 Å². The van der Waals surface area contributed by atoms with E-state index in [1.54, 1.807) is 6.92 Å². The van der Waals surface area contributed by atoms with E-state index in [9.17, 15) is 9.59 Å². The monoisotopic (exact) mass is 255 g/mol. The van der Waals surface area contributed by atoms with Crippen LogP contribution in [0.1, 0.15) is 59.8 Å². The number of ether oxygens (including phenoxy) is 1. The molecule has 0 atom stereocenters. The van der Waals surface area contributed by atoms with Crippen molar-refractivity contribution in [3.05, 3.63) is 0 Å². The summed E-state index contributed by atoms with van der Waals surface area (Å²) in [5, 5.41) is 2.94. The van der Waals surface area contributed by atoms with Crippen molar-refractivity contribution in [1.29, 1.82) is 0 Å². The van der Waals surface area contributed by atoms with Crippen LogP contribution in [-0.2, 0) is 14.3 Å². The maximum Gasteiger partial charge on any atom is 0.306 e. The smallest absolute Gasteiger partial charge is 0.306 e. The van der Waals surface area contributed by atoms with Gasteiger partial charge < -0.3 is 10.1 Å². The molecule has 104 valence electrons. The van der Waals surface area contributed by atoms with E-state index in [1.807, 2.05) is 20.8 Å². The number of rotatable bonds is 3. The molecule has 0 aliphatic heterocycles. The summed E-state index contributed by atoms with van der Waals surface area (Å²) in [6, 6.07) is 0.289. The zero-order valence-electron chi connectivity index (χ0n) is 11.9. The minimum atomic E-state index is -0.398. The first-order valence-electron chi connectivity index (χ1n) is 6.75. The fourth-order valence-electron chi connectivity index (χ4n) is 2.42. The van der Waals surface area contributed by atoms with Gasteiger partial charge in [0.25, 0.3) is 0 Å². The van der Waals surface area contributed by atoms with Gasteiger partial charge in [-0.05, 0) is 52.4 Å². The van der Waals surface area contributed by atoms with Gasteiger partial charge in [-0.25, -0.2) is 0 Å². The van der Waals surface area contributed by atoms with Crippen LogP contribution in [0.5, 0.6) is 0 Å². The highest BCUT2D eigenvalue weighted by molar-refractivity contribution is 5.73. The third kappa shape index (κ3) is 6.03. The van der Waals surface area contributed by atoms with Gasteiger partial charge in [-0.2, -0.15) is 0 Å². The molecular weight excluding hydrogens is 230 g/mol. The van der Waals surface area contributed by atoms with Gasteiger partial charge in [0.2, 0.25) is 5.91 Å². The molecule has 1 aliphatic carbocycles. The first-order valence-corrected chi connectivity index (χ1v) is 6.75. The standard InChI is InChI=1S/C14H25NO3/c1-10(16)15-12-7-5-11(6-8-12)9-13(17)18-14(2,3)4/h11-12H,5-9H2,1-4H3,(H,15,16). The number of nitrogens with one attached hydrogen (secondary N) is 1. The fourth-order valence-corrected chi connectivity index (χ4v) is 2.42. The number of carbonyl (C=O) groups is 2. The van der Waals surface area contributed by atoms with Crippen LogP contribution in [0.4, 0.5) is 0 Å². The molecule has 4 nitrogen and oxygen atoms in total. The molecule has 0 heterocycles. The SMILES string of the molecule is CC(=O)NC1CCC(CC(=O)OC(C)(C)C)CC1. The van der Waals surface area contributed by atoms with Crippen LogP contribution in [0.3, 0.4) is 0 Å². The zero-order chi connectivity index (χ0) is 13.8. The molecule has 0 saturated heterocycles. The molecule has 1 amide bonds. The molecule has 0 radical (unpaired) electrons. The van der Waals surface area contributed by atoms with Crippen LogP contribution in [-0.4, -0.2) is 23.5 Å². The van der Waals surface area contributed by atoms with E-state index >= 15 is 0 Å². The summed E-state index contributed by atoms with van der Waals surface area (Å²) < 4.78 is 5.32. The molecule has 1 fully saturated rings. The second-order valence-corrected chi connectivity index (χ2v) is 6.21. The number of hydrogen-bond acceptors (Lipinski definition) is 3. The summed E-state index contributed by atoms with van der Waals surface area (Å²) in [5.41, 5.74) is -0.398. The Morgan fingerprint density at radius 1 is 1.17 bits per heavy atom. The first-order chi connectivity index (χ1) is 8.26. The summed E-state index contributed by atoms with van der Waals surface area (Å²) in [4.78, 5) is 22.6. The van der Waals surface area contributed by atoms with Crippen molar-refractivity contribution in [1.82, 2.24) is 5.32 Å². The number of carbonyl (C=O) groups excluding carboxylic acids is 2. The van der Waals surface area contributed by atoms with E-state index in [-0.39, 0.29) is 17.9 Å². The van der Waals surface area contributed by atoms with Crippen molar-refractivity contribution in [2.24, 2.45) is 5.92 Å². The molecule has 0 aromatic rings. The quantitative estimate of drug-likeness (QED) is 0.788. The Balaban J connectivity index is 2.27. The third-order valence-corrected chi connectivity index (χ3v) is 3.13. The summed E-state index contributed by atoms with van der Waals surface area (Å²) in [5.74, 6) is 0.334. The van der Waals surface area contributed by atoms with E-state index in [4.69, 9.17) is 4.74 Å². The summed E-state index contributed by atoms with van der Waals surface area (Å²) >= 11 is 0. The van der Waals surface area contributed by atoms with Gasteiger partial charge in [0.15, 0.2) is 0 Å². The third-order valence-electron chi connectivity index (χ3n) is 3.13. The second kappa shape index (κ2) is 6.21. The fraction of sp³-hybridized carbons (Fsp3) is 0.857. The lowest BCUT2D eigenvalue weighted by atomic mass is 9.84. The maximum atomic E-state index is 11.7. The highest BCUT2D eigenvalue weighted by atomic mass is 16.6. The molecule has 0 unspecified atom stereocenters. The molecule has 0 aromatic carbocycles. The normalized spacial score (nSPS) is 24.4. The van der Waals surface area contributed by atoms with Crippen LogP contribution in [0.25, 0.3) is 0 Å². The maximum absolute atomic E-state index is 11.7. The van der Waals surface area contributed by atoms with Gasteiger partial charge >= 0.3 is 5.97 Å². The van der Waals surface area contributed by atoms with Gasteiger partial charge in [-0.15, -0.1) is 0 Å². The van der Waals surface area contributed by atoms with Gasteiger partial charge in [-0.3, -0.25) is 9.59 Å². The topological polar surface area (TPSA) is 55.4 Å². The van der Waals surface area contributed by atoms with Gasteiger partial charge in [-0.1, -0.05) is 0 Å². The lowest BCUT2D eigenvalue weighted by molar-refractivity contribution is -0.156. The van der Waals surface area contributed by atoms with Crippen LogP contribution in [0, 0.1) is 5.92 Å². The predicted octanol–water partition coefficient (Wildman–Crippen LogP) is 2.41. The Morgan fingerprint density at radius 3 is 2.17 bits per heavy atom. The minimum absolute atomic E-state index is 0.0330. The zero-order valence-corrected chi connectivity index (χ0v) is 11.9. The Morgan fingerprint density at radius 2 is 1.72 bits per heavy atom. The molecule has 18 heavy (non-hydrogen) atoms. The molecule has 1 aliphatic rings. The molecule has 4 heteroatoms. The van der Waals surface area contributed by atoms with Gasteiger partial charge in [0.1, 0.15) is 5.60 Å². The van der Waals surface area contributed by atoms with Crippen molar-refractivity contribution < 1.29 is 14.3 Å². The number of hydrogen-bond donors (Lipinski definition) is 1. The van der Waals surface area contributed by atoms with Crippen molar-refractivity contribution in [3.8, 4) is 0 Å². The van der Waals surface area contributed by atoms with Crippen LogP contribution in [0.2, 0.25) is 0 Å². The largest absolute Gasteiger partial charge is 0.460 e. The van der Waals surface area contributed by atoms with Crippen molar-refractivity contribution in [2.45, 2.75) is 71.4 Å². The van der Waals surface area contributed by atoms with Crippen LogP contribution in [0.15, 0.2) is 0 Å². The molecular formula is C14H25NO3. The highest BCUT2D eigenvalue weighted by Gasteiger charge is 2.25. The Labute approximate surface area is 109 Å². The molecule has 0 bridgehead atoms. The average molecular weight is 255 g/mol. The Hall–Kier alpha value is -1.06. The first kappa shape index (κ1) is 15.0. The lowest BCUT2D eigenvalue weighted by Gasteiger charge is -2.29. The average Bonchev–Trinajstić information content (AvgIpc) is 2.17. The van der Waals surface area contributed by atoms with Crippen molar-refractivity contribution >= 4 is 11.9 Å². The Kier molecular flexibility index (Phi) is 5.17. The van der Waals surface area contributed by atoms with Gasteiger partial charge in [0.05, 0.1) is 0 Å². The molecule has 0 spiro atoms. The Bertz CT molecular complexity index is 299. The van der Waals surface area contributed by atoms with Crippen LogP contribution >= 0.6 is 0 Å². The van der Waals surface area contributed by atoms with E-state index in [1.165, 1.54) is 0 Å². The lowest BCUT2D eigenvalue weighted by Crippen LogP contribution is -2.36. The minimum Gasteiger partial charge on any atom is -0.460 e. The highest BCUT2D eigenvalue weighted by Crippen LogP contribution is 2.27. The number of esters is 1. The van der Waals surface area contributed by atoms with E-state index in [0.29, 0.717) is 12.3 Å². The summed E-state index contributed by atoms with van der Waals surface area (Å²) in [6.45, 7) is 7.21.